The van der Waals surface area contributed by atoms with E-state index in [1.807, 2.05) is 6.92 Å². The Balaban J connectivity index is 2.60. The maximum absolute atomic E-state index is 12.7. The third-order valence-corrected chi connectivity index (χ3v) is 2.78. The van der Waals surface area contributed by atoms with E-state index < -0.39 is 11.7 Å². The number of nitrogens with zero attached hydrogens (tertiary/aromatic N) is 2. The SMILES string of the molecule is CCn1nc(N)c(N)c1-c1cccc(C(F)(F)F)c1. The van der Waals surface area contributed by atoms with Gasteiger partial charge in [-0.15, -0.1) is 0 Å². The van der Waals surface area contributed by atoms with Gasteiger partial charge < -0.3 is 11.5 Å². The zero-order chi connectivity index (χ0) is 14.2. The highest BCUT2D eigenvalue weighted by molar-refractivity contribution is 5.80. The summed E-state index contributed by atoms with van der Waals surface area (Å²) in [5.74, 6) is 0.120. The van der Waals surface area contributed by atoms with Crippen molar-refractivity contribution in [2.24, 2.45) is 0 Å². The zero-order valence-corrected chi connectivity index (χ0v) is 10.2. The van der Waals surface area contributed by atoms with Crippen LogP contribution < -0.4 is 11.5 Å². The van der Waals surface area contributed by atoms with E-state index in [9.17, 15) is 13.2 Å². The maximum atomic E-state index is 12.7. The normalized spacial score (nSPS) is 11.8. The summed E-state index contributed by atoms with van der Waals surface area (Å²) in [6, 6.07) is 4.93. The number of aryl methyl sites for hydroxylation is 1. The van der Waals surface area contributed by atoms with E-state index in [0.29, 0.717) is 17.8 Å². The minimum Gasteiger partial charge on any atom is -0.394 e. The van der Waals surface area contributed by atoms with E-state index in [1.165, 1.54) is 10.7 Å². The van der Waals surface area contributed by atoms with E-state index in [0.717, 1.165) is 12.1 Å². The average Bonchev–Trinajstić information content (AvgIpc) is 2.64. The largest absolute Gasteiger partial charge is 0.416 e. The number of nitrogens with two attached hydrogens (primary N) is 2. The zero-order valence-electron chi connectivity index (χ0n) is 10.2. The van der Waals surface area contributed by atoms with Gasteiger partial charge in [-0.25, -0.2) is 0 Å². The molecule has 0 spiro atoms. The van der Waals surface area contributed by atoms with Crippen LogP contribution in [0.4, 0.5) is 24.7 Å². The fraction of sp³-hybridized carbons (Fsp3) is 0.250. The second-order valence-corrected chi connectivity index (χ2v) is 4.04. The molecule has 0 radical (unpaired) electrons. The minimum absolute atomic E-state index is 0.120. The Bertz CT molecular complexity index is 602. The summed E-state index contributed by atoms with van der Waals surface area (Å²) in [5, 5.41) is 3.99. The molecule has 0 atom stereocenters. The third kappa shape index (κ3) is 2.35. The molecule has 1 aromatic heterocycles. The summed E-state index contributed by atoms with van der Waals surface area (Å²) in [5.41, 5.74) is 11.6. The molecule has 0 bridgehead atoms. The second kappa shape index (κ2) is 4.49. The van der Waals surface area contributed by atoms with Gasteiger partial charge in [0.05, 0.1) is 11.3 Å². The standard InChI is InChI=1S/C12H13F3N4/c1-2-19-10(9(16)11(17)18-19)7-4-3-5-8(6-7)12(13,14)15/h3-6H,2,16H2,1H3,(H2,17,18). The molecule has 0 amide bonds. The number of hydrogen-bond donors (Lipinski definition) is 2. The summed E-state index contributed by atoms with van der Waals surface area (Å²) in [4.78, 5) is 0. The van der Waals surface area contributed by atoms with Crippen LogP contribution in [0.1, 0.15) is 12.5 Å². The van der Waals surface area contributed by atoms with Crippen molar-refractivity contribution in [1.82, 2.24) is 9.78 Å². The highest BCUT2D eigenvalue weighted by Gasteiger charge is 2.31. The van der Waals surface area contributed by atoms with Crippen LogP contribution in [-0.2, 0) is 12.7 Å². The van der Waals surface area contributed by atoms with E-state index in [4.69, 9.17) is 11.5 Å². The van der Waals surface area contributed by atoms with E-state index in [-0.39, 0.29) is 11.5 Å². The predicted octanol–water partition coefficient (Wildman–Crippen LogP) is 2.75. The molecule has 7 heteroatoms. The third-order valence-electron chi connectivity index (χ3n) is 2.78. The van der Waals surface area contributed by atoms with Gasteiger partial charge in [-0.2, -0.15) is 18.3 Å². The van der Waals surface area contributed by atoms with Gasteiger partial charge in [0.15, 0.2) is 5.82 Å². The molecule has 0 aliphatic rings. The summed E-state index contributed by atoms with van der Waals surface area (Å²) in [6.07, 6.45) is -4.40. The highest BCUT2D eigenvalue weighted by Crippen LogP contribution is 2.35. The molecule has 0 saturated heterocycles. The first-order valence-corrected chi connectivity index (χ1v) is 5.64. The lowest BCUT2D eigenvalue weighted by molar-refractivity contribution is -0.137. The Kier molecular flexibility index (Phi) is 3.13. The Morgan fingerprint density at radius 1 is 1.26 bits per heavy atom. The quantitative estimate of drug-likeness (QED) is 0.881. The number of rotatable bonds is 2. The van der Waals surface area contributed by atoms with Crippen molar-refractivity contribution in [3.05, 3.63) is 29.8 Å². The molecule has 102 valence electrons. The number of anilines is 2. The van der Waals surface area contributed by atoms with Crippen LogP contribution >= 0.6 is 0 Å². The van der Waals surface area contributed by atoms with Crippen LogP contribution in [-0.4, -0.2) is 9.78 Å². The van der Waals surface area contributed by atoms with Crippen LogP contribution in [0, 0.1) is 0 Å². The van der Waals surface area contributed by atoms with Crippen LogP contribution in [0.3, 0.4) is 0 Å². The number of aromatic nitrogens is 2. The van der Waals surface area contributed by atoms with E-state index >= 15 is 0 Å². The van der Waals surface area contributed by atoms with Crippen molar-refractivity contribution in [3.63, 3.8) is 0 Å². The summed E-state index contributed by atoms with van der Waals surface area (Å²) >= 11 is 0. The Morgan fingerprint density at radius 2 is 1.95 bits per heavy atom. The van der Waals surface area contributed by atoms with Crippen LogP contribution in [0.15, 0.2) is 24.3 Å². The first-order valence-electron chi connectivity index (χ1n) is 5.64. The van der Waals surface area contributed by atoms with Gasteiger partial charge in [-0.3, -0.25) is 4.68 Å². The molecule has 1 heterocycles. The molecule has 19 heavy (non-hydrogen) atoms. The Labute approximate surface area is 107 Å². The lowest BCUT2D eigenvalue weighted by Crippen LogP contribution is -2.06. The summed E-state index contributed by atoms with van der Waals surface area (Å²) in [7, 11) is 0. The maximum Gasteiger partial charge on any atom is 0.416 e. The summed E-state index contributed by atoms with van der Waals surface area (Å²) in [6.45, 7) is 2.27. The van der Waals surface area contributed by atoms with Crippen molar-refractivity contribution in [1.29, 1.82) is 0 Å². The predicted molar refractivity (Wildman–Crippen MR) is 67.2 cm³/mol. The van der Waals surface area contributed by atoms with Gasteiger partial charge in [0.25, 0.3) is 0 Å². The molecule has 4 N–H and O–H groups in total. The van der Waals surface area contributed by atoms with E-state index in [1.54, 1.807) is 6.07 Å². The van der Waals surface area contributed by atoms with Gasteiger partial charge in [0.2, 0.25) is 0 Å². The van der Waals surface area contributed by atoms with Gasteiger partial charge >= 0.3 is 6.18 Å². The molecule has 0 aliphatic carbocycles. The number of nitrogen functional groups attached to an aromatic ring is 2. The van der Waals surface area contributed by atoms with Gasteiger partial charge in [0.1, 0.15) is 5.69 Å². The average molecular weight is 270 g/mol. The molecule has 0 saturated carbocycles. The lowest BCUT2D eigenvalue weighted by atomic mass is 10.1. The number of benzene rings is 1. The van der Waals surface area contributed by atoms with E-state index in [2.05, 4.69) is 5.10 Å². The van der Waals surface area contributed by atoms with Gasteiger partial charge in [-0.1, -0.05) is 12.1 Å². The molecule has 1 aromatic carbocycles. The van der Waals surface area contributed by atoms with Crippen molar-refractivity contribution >= 4 is 11.5 Å². The smallest absolute Gasteiger partial charge is 0.394 e. The summed E-state index contributed by atoms with van der Waals surface area (Å²) < 4.78 is 39.6. The molecule has 0 aliphatic heterocycles. The molecular weight excluding hydrogens is 257 g/mol. The number of halogens is 3. The molecule has 0 unspecified atom stereocenters. The topological polar surface area (TPSA) is 69.9 Å². The van der Waals surface area contributed by atoms with Crippen LogP contribution in [0.25, 0.3) is 11.3 Å². The van der Waals surface area contributed by atoms with Crippen molar-refractivity contribution < 1.29 is 13.2 Å². The molecule has 2 aromatic rings. The highest BCUT2D eigenvalue weighted by atomic mass is 19.4. The van der Waals surface area contributed by atoms with Crippen molar-refractivity contribution in [2.75, 3.05) is 11.5 Å². The molecule has 4 nitrogen and oxygen atoms in total. The Morgan fingerprint density at radius 3 is 2.53 bits per heavy atom. The van der Waals surface area contributed by atoms with Gasteiger partial charge in [-0.05, 0) is 19.1 Å². The number of alkyl halides is 3. The van der Waals surface area contributed by atoms with Crippen LogP contribution in [0.5, 0.6) is 0 Å². The molecule has 0 fully saturated rings. The minimum atomic E-state index is -4.40. The Hall–Kier alpha value is -2.18. The first kappa shape index (κ1) is 13.3. The fourth-order valence-corrected chi connectivity index (χ4v) is 1.87. The van der Waals surface area contributed by atoms with Crippen molar-refractivity contribution in [3.8, 4) is 11.3 Å². The fourth-order valence-electron chi connectivity index (χ4n) is 1.87. The second-order valence-electron chi connectivity index (χ2n) is 4.04. The van der Waals surface area contributed by atoms with Gasteiger partial charge in [0, 0.05) is 12.1 Å². The first-order chi connectivity index (χ1) is 8.84. The molecule has 2 rings (SSSR count). The lowest BCUT2D eigenvalue weighted by Gasteiger charge is -2.10. The van der Waals surface area contributed by atoms with Crippen LogP contribution in [0.2, 0.25) is 0 Å². The monoisotopic (exact) mass is 270 g/mol. The number of hydrogen-bond acceptors (Lipinski definition) is 3. The van der Waals surface area contributed by atoms with Crippen molar-refractivity contribution in [2.45, 2.75) is 19.6 Å². The molecular formula is C12H13F3N4.